The van der Waals surface area contributed by atoms with Gasteiger partial charge in [-0.05, 0) is 31.9 Å². The Morgan fingerprint density at radius 1 is 1.24 bits per heavy atom. The average molecular weight is 451 g/mol. The van der Waals surface area contributed by atoms with Gasteiger partial charge in [-0.2, -0.15) is 9.97 Å². The molecule has 0 amide bonds. The summed E-state index contributed by atoms with van der Waals surface area (Å²) < 4.78 is 35.5. The molecule has 1 saturated carbocycles. The number of halogens is 2. The minimum absolute atomic E-state index is 0.00663. The van der Waals surface area contributed by atoms with Crippen molar-refractivity contribution in [1.82, 2.24) is 19.9 Å². The van der Waals surface area contributed by atoms with Crippen molar-refractivity contribution in [3.63, 3.8) is 0 Å². The zero-order valence-electron chi connectivity index (χ0n) is 18.2. The van der Waals surface area contributed by atoms with Crippen LogP contribution in [0.1, 0.15) is 18.5 Å². The standard InChI is InChI=1S/C23H23F2N7O/c1-11-3-4-12(8-28-11)33-22-30-20-17(16-18(25)13(24)7-14(27-2)19(16)29-20)21(31-22)32-9-15(26)23(10-32)5-6-23/h3-4,7-8,15,27H,5-6,9-10,26H2,1-2H3,(H,29,30,31)/t15-/m0/s1. The summed E-state index contributed by atoms with van der Waals surface area (Å²) in [4.78, 5) is 18.6. The Balaban J connectivity index is 1.57. The molecule has 4 N–H and O–H groups in total. The van der Waals surface area contributed by atoms with Crippen LogP contribution in [-0.4, -0.2) is 46.1 Å². The molecule has 33 heavy (non-hydrogen) atoms. The Labute approximate surface area is 188 Å². The van der Waals surface area contributed by atoms with Crippen LogP contribution in [0.15, 0.2) is 24.4 Å². The molecule has 10 heteroatoms. The van der Waals surface area contributed by atoms with E-state index in [4.69, 9.17) is 10.5 Å². The van der Waals surface area contributed by atoms with Crippen LogP contribution in [0.2, 0.25) is 0 Å². The van der Waals surface area contributed by atoms with Crippen LogP contribution in [0.4, 0.5) is 20.3 Å². The molecule has 1 aliphatic carbocycles. The number of pyridine rings is 1. The fourth-order valence-electron chi connectivity index (χ4n) is 4.79. The van der Waals surface area contributed by atoms with Crippen LogP contribution in [0.3, 0.4) is 0 Å². The first kappa shape index (κ1) is 20.1. The molecule has 3 aromatic heterocycles. The Morgan fingerprint density at radius 3 is 2.73 bits per heavy atom. The second-order valence-electron chi connectivity index (χ2n) is 8.99. The highest BCUT2D eigenvalue weighted by Gasteiger charge is 2.54. The monoisotopic (exact) mass is 451 g/mol. The molecular formula is C23H23F2N7O. The Kier molecular flexibility index (Phi) is 4.25. The van der Waals surface area contributed by atoms with Gasteiger partial charge in [0.15, 0.2) is 11.6 Å². The summed E-state index contributed by atoms with van der Waals surface area (Å²) in [6.45, 7) is 3.15. The molecule has 1 saturated heterocycles. The molecular weight excluding hydrogens is 428 g/mol. The van der Waals surface area contributed by atoms with E-state index in [1.807, 2.05) is 17.9 Å². The molecule has 0 unspecified atom stereocenters. The maximum atomic E-state index is 15.1. The van der Waals surface area contributed by atoms with E-state index in [0.29, 0.717) is 46.9 Å². The first-order valence-electron chi connectivity index (χ1n) is 10.9. The fourth-order valence-corrected chi connectivity index (χ4v) is 4.79. The number of H-pyrrole nitrogens is 1. The summed E-state index contributed by atoms with van der Waals surface area (Å²) in [5, 5.41) is 3.44. The van der Waals surface area contributed by atoms with Gasteiger partial charge >= 0.3 is 6.01 Å². The third-order valence-electron chi connectivity index (χ3n) is 6.85. The lowest BCUT2D eigenvalue weighted by molar-refractivity contribution is 0.441. The van der Waals surface area contributed by atoms with Gasteiger partial charge in [-0.1, -0.05) is 0 Å². The number of benzene rings is 1. The van der Waals surface area contributed by atoms with Crippen LogP contribution >= 0.6 is 0 Å². The second kappa shape index (κ2) is 6.98. The smallest absolute Gasteiger partial charge is 0.326 e. The highest BCUT2D eigenvalue weighted by Crippen LogP contribution is 2.53. The number of nitrogens with one attached hydrogen (secondary N) is 2. The summed E-state index contributed by atoms with van der Waals surface area (Å²) >= 11 is 0. The van der Waals surface area contributed by atoms with Gasteiger partial charge in [-0.25, -0.2) is 8.78 Å². The van der Waals surface area contributed by atoms with E-state index in [1.54, 1.807) is 19.3 Å². The summed E-state index contributed by atoms with van der Waals surface area (Å²) in [6, 6.07) is 4.81. The molecule has 1 aromatic carbocycles. The number of fused-ring (bicyclic) bond motifs is 3. The number of aromatic nitrogens is 4. The minimum atomic E-state index is -0.943. The van der Waals surface area contributed by atoms with E-state index in [2.05, 4.69) is 25.3 Å². The molecule has 1 spiro atoms. The van der Waals surface area contributed by atoms with Crippen molar-refractivity contribution in [3.8, 4) is 11.8 Å². The van der Waals surface area contributed by atoms with Crippen molar-refractivity contribution in [2.45, 2.75) is 25.8 Å². The van der Waals surface area contributed by atoms with E-state index in [-0.39, 0.29) is 22.9 Å². The first-order chi connectivity index (χ1) is 15.9. The van der Waals surface area contributed by atoms with Crippen molar-refractivity contribution < 1.29 is 13.5 Å². The largest absolute Gasteiger partial charge is 0.423 e. The van der Waals surface area contributed by atoms with Gasteiger partial charge in [0.1, 0.15) is 17.2 Å². The number of hydrogen-bond acceptors (Lipinski definition) is 7. The van der Waals surface area contributed by atoms with Gasteiger partial charge in [0.2, 0.25) is 0 Å². The summed E-state index contributed by atoms with van der Waals surface area (Å²) in [7, 11) is 1.65. The minimum Gasteiger partial charge on any atom is -0.423 e. The summed E-state index contributed by atoms with van der Waals surface area (Å²) in [5.74, 6) is -0.929. The van der Waals surface area contributed by atoms with E-state index in [0.717, 1.165) is 24.6 Å². The predicted octanol–water partition coefficient (Wildman–Crippen LogP) is 3.85. The topological polar surface area (TPSA) is 105 Å². The number of nitrogens with two attached hydrogens (primary N) is 1. The van der Waals surface area contributed by atoms with Crippen LogP contribution in [0, 0.1) is 24.0 Å². The lowest BCUT2D eigenvalue weighted by atomic mass is 10.0. The third-order valence-corrected chi connectivity index (χ3v) is 6.85. The number of aromatic amines is 1. The van der Waals surface area contributed by atoms with Gasteiger partial charge in [0, 0.05) is 43.4 Å². The lowest BCUT2D eigenvalue weighted by Crippen LogP contribution is -2.30. The summed E-state index contributed by atoms with van der Waals surface area (Å²) in [5.41, 5.74) is 8.55. The molecule has 4 heterocycles. The van der Waals surface area contributed by atoms with Crippen molar-refractivity contribution >= 4 is 33.4 Å². The average Bonchev–Trinajstić information content (AvgIpc) is 3.37. The molecule has 2 fully saturated rings. The van der Waals surface area contributed by atoms with Crippen LogP contribution in [0.25, 0.3) is 21.9 Å². The van der Waals surface area contributed by atoms with Gasteiger partial charge in [-0.3, -0.25) is 4.98 Å². The quantitative estimate of drug-likeness (QED) is 0.433. The molecule has 2 aliphatic rings. The van der Waals surface area contributed by atoms with Gasteiger partial charge in [0.25, 0.3) is 0 Å². The molecule has 8 nitrogen and oxygen atoms in total. The van der Waals surface area contributed by atoms with Crippen molar-refractivity contribution in [1.29, 1.82) is 0 Å². The zero-order chi connectivity index (χ0) is 22.9. The Hall–Kier alpha value is -3.53. The number of aryl methyl sites for hydroxylation is 1. The van der Waals surface area contributed by atoms with Gasteiger partial charge < -0.3 is 25.7 Å². The van der Waals surface area contributed by atoms with E-state index in [1.165, 1.54) is 0 Å². The Morgan fingerprint density at radius 2 is 2.06 bits per heavy atom. The fraction of sp³-hybridized carbons (Fsp3) is 0.348. The predicted molar refractivity (Wildman–Crippen MR) is 122 cm³/mol. The van der Waals surface area contributed by atoms with E-state index >= 15 is 4.39 Å². The second-order valence-corrected chi connectivity index (χ2v) is 8.99. The lowest BCUT2D eigenvalue weighted by Gasteiger charge is -2.19. The van der Waals surface area contributed by atoms with Crippen LogP contribution < -0.4 is 20.7 Å². The molecule has 1 atom stereocenters. The normalized spacial score (nSPS) is 19.1. The van der Waals surface area contributed by atoms with Gasteiger partial charge in [0.05, 0.1) is 28.2 Å². The summed E-state index contributed by atoms with van der Waals surface area (Å²) in [6.07, 6.45) is 3.70. The maximum absolute atomic E-state index is 15.1. The Bertz CT molecular complexity index is 1400. The highest BCUT2D eigenvalue weighted by atomic mass is 19.2. The number of nitrogens with zero attached hydrogens (tertiary/aromatic N) is 4. The number of rotatable bonds is 4. The number of anilines is 2. The van der Waals surface area contributed by atoms with Crippen molar-refractivity contribution in [2.75, 3.05) is 30.4 Å². The number of ether oxygens (including phenoxy) is 1. The van der Waals surface area contributed by atoms with Crippen molar-refractivity contribution in [2.24, 2.45) is 11.1 Å². The molecule has 0 radical (unpaired) electrons. The molecule has 1 aliphatic heterocycles. The van der Waals surface area contributed by atoms with E-state index < -0.39 is 11.6 Å². The molecule has 4 aromatic rings. The zero-order valence-corrected chi connectivity index (χ0v) is 18.2. The third kappa shape index (κ3) is 3.08. The first-order valence-corrected chi connectivity index (χ1v) is 10.9. The van der Waals surface area contributed by atoms with Crippen LogP contribution in [0.5, 0.6) is 11.8 Å². The van der Waals surface area contributed by atoms with Gasteiger partial charge in [-0.15, -0.1) is 0 Å². The van der Waals surface area contributed by atoms with Crippen molar-refractivity contribution in [3.05, 3.63) is 41.7 Å². The maximum Gasteiger partial charge on any atom is 0.326 e. The van der Waals surface area contributed by atoms with E-state index in [9.17, 15) is 4.39 Å². The number of hydrogen-bond donors (Lipinski definition) is 3. The molecule has 0 bridgehead atoms. The SMILES string of the molecule is CNc1cc(F)c(F)c2c1[nH]c1nc(Oc3ccc(C)nc3)nc(N3C[C@H](N)C4(CC4)C3)c12. The van der Waals surface area contributed by atoms with Crippen LogP contribution in [-0.2, 0) is 0 Å². The molecule has 170 valence electrons. The highest BCUT2D eigenvalue weighted by molar-refractivity contribution is 6.15. The molecule has 6 rings (SSSR count).